The minimum atomic E-state index is 0.758. The molecule has 0 saturated heterocycles. The third kappa shape index (κ3) is 2.94. The molecule has 4 heteroatoms. The average molecular weight is 279 g/mol. The van der Waals surface area contributed by atoms with Crippen LogP contribution >= 0.6 is 0 Å². The lowest BCUT2D eigenvalue weighted by Crippen LogP contribution is -2.08. The van der Waals surface area contributed by atoms with Crippen molar-refractivity contribution in [3.8, 4) is 5.75 Å². The predicted octanol–water partition coefficient (Wildman–Crippen LogP) is 3.29. The number of ether oxygens (including phenoxy) is 1. The first-order valence-electron chi connectivity index (χ1n) is 6.94. The van der Waals surface area contributed by atoms with E-state index in [1.165, 1.54) is 10.9 Å². The average Bonchev–Trinajstić information content (AvgIpc) is 2.55. The lowest BCUT2D eigenvalue weighted by Gasteiger charge is -2.10. The Hall–Kier alpha value is -2.62. The molecule has 1 aromatic carbocycles. The zero-order chi connectivity index (χ0) is 14.5. The standard InChI is InChI=1S/C17H17N3O/c1-21-15-8-4-11-19-17(15)20-12-9-14-6-2-5-13-7-3-10-18-16(13)14/h2-8,10-11H,9,12H2,1H3,(H,19,20). The molecule has 0 aliphatic carbocycles. The highest BCUT2D eigenvalue weighted by Gasteiger charge is 2.04. The van der Waals surface area contributed by atoms with Gasteiger partial charge in [0.1, 0.15) is 0 Å². The van der Waals surface area contributed by atoms with Crippen molar-refractivity contribution in [2.75, 3.05) is 19.0 Å². The van der Waals surface area contributed by atoms with Gasteiger partial charge in [-0.25, -0.2) is 4.98 Å². The fourth-order valence-corrected chi connectivity index (χ4v) is 2.37. The first kappa shape index (κ1) is 13.4. The zero-order valence-corrected chi connectivity index (χ0v) is 11.9. The zero-order valence-electron chi connectivity index (χ0n) is 11.9. The highest BCUT2D eigenvalue weighted by Crippen LogP contribution is 2.20. The molecule has 0 radical (unpaired) electrons. The number of methoxy groups -OCH3 is 1. The summed E-state index contributed by atoms with van der Waals surface area (Å²) in [6.07, 6.45) is 4.47. The van der Waals surface area contributed by atoms with E-state index in [1.807, 2.05) is 24.4 Å². The molecule has 21 heavy (non-hydrogen) atoms. The highest BCUT2D eigenvalue weighted by molar-refractivity contribution is 5.81. The Morgan fingerprint density at radius 1 is 1.00 bits per heavy atom. The third-order valence-corrected chi connectivity index (χ3v) is 3.39. The largest absolute Gasteiger partial charge is 0.493 e. The maximum absolute atomic E-state index is 5.28. The van der Waals surface area contributed by atoms with Gasteiger partial charge < -0.3 is 10.1 Å². The summed E-state index contributed by atoms with van der Waals surface area (Å²) >= 11 is 0. The second-order valence-electron chi connectivity index (χ2n) is 4.72. The number of anilines is 1. The number of hydrogen-bond acceptors (Lipinski definition) is 4. The molecule has 0 fully saturated rings. The molecule has 0 aliphatic rings. The number of pyridine rings is 2. The fourth-order valence-electron chi connectivity index (χ4n) is 2.37. The van der Waals surface area contributed by atoms with E-state index in [4.69, 9.17) is 4.74 Å². The van der Waals surface area contributed by atoms with E-state index in [0.717, 1.165) is 30.0 Å². The van der Waals surface area contributed by atoms with Crippen LogP contribution < -0.4 is 10.1 Å². The smallest absolute Gasteiger partial charge is 0.168 e. The van der Waals surface area contributed by atoms with Crippen molar-refractivity contribution in [2.24, 2.45) is 0 Å². The molecule has 0 amide bonds. The van der Waals surface area contributed by atoms with Crippen LogP contribution in [-0.2, 0) is 6.42 Å². The number of hydrogen-bond donors (Lipinski definition) is 1. The van der Waals surface area contributed by atoms with Crippen molar-refractivity contribution < 1.29 is 4.74 Å². The van der Waals surface area contributed by atoms with Crippen molar-refractivity contribution in [3.63, 3.8) is 0 Å². The second kappa shape index (κ2) is 6.22. The van der Waals surface area contributed by atoms with Gasteiger partial charge in [-0.15, -0.1) is 0 Å². The number of benzene rings is 1. The van der Waals surface area contributed by atoms with Gasteiger partial charge in [-0.1, -0.05) is 24.3 Å². The number of fused-ring (bicyclic) bond motifs is 1. The molecule has 3 aromatic rings. The van der Waals surface area contributed by atoms with Gasteiger partial charge in [0.05, 0.1) is 12.6 Å². The van der Waals surface area contributed by atoms with Crippen molar-refractivity contribution in [2.45, 2.75) is 6.42 Å². The Labute approximate surface area is 123 Å². The molecule has 0 saturated carbocycles. The van der Waals surface area contributed by atoms with Crippen molar-refractivity contribution in [1.29, 1.82) is 0 Å². The molecule has 0 bridgehead atoms. The molecule has 1 N–H and O–H groups in total. The summed E-state index contributed by atoms with van der Waals surface area (Å²) in [5, 5.41) is 4.49. The highest BCUT2D eigenvalue weighted by atomic mass is 16.5. The maximum Gasteiger partial charge on any atom is 0.168 e. The van der Waals surface area contributed by atoms with Crippen LogP contribution in [0.25, 0.3) is 10.9 Å². The van der Waals surface area contributed by atoms with Crippen LogP contribution in [0.2, 0.25) is 0 Å². The minimum absolute atomic E-state index is 0.758. The number of rotatable bonds is 5. The maximum atomic E-state index is 5.28. The number of nitrogens with zero attached hydrogens (tertiary/aromatic N) is 2. The summed E-state index contributed by atoms with van der Waals surface area (Å²) in [4.78, 5) is 8.76. The molecule has 0 atom stereocenters. The van der Waals surface area contributed by atoms with Gasteiger partial charge in [0, 0.05) is 24.3 Å². The van der Waals surface area contributed by atoms with Crippen LogP contribution in [0.4, 0.5) is 5.82 Å². The lowest BCUT2D eigenvalue weighted by molar-refractivity contribution is 0.415. The topological polar surface area (TPSA) is 47.0 Å². The van der Waals surface area contributed by atoms with Crippen molar-refractivity contribution in [1.82, 2.24) is 9.97 Å². The van der Waals surface area contributed by atoms with Crippen LogP contribution in [0.1, 0.15) is 5.56 Å². The van der Waals surface area contributed by atoms with Gasteiger partial charge >= 0.3 is 0 Å². The van der Waals surface area contributed by atoms with Gasteiger partial charge in [0.25, 0.3) is 0 Å². The second-order valence-corrected chi connectivity index (χ2v) is 4.72. The number of aromatic nitrogens is 2. The van der Waals surface area contributed by atoms with E-state index in [1.54, 1.807) is 13.3 Å². The van der Waals surface area contributed by atoms with Crippen LogP contribution in [0.5, 0.6) is 5.75 Å². The monoisotopic (exact) mass is 279 g/mol. The van der Waals surface area contributed by atoms with Gasteiger partial charge in [0.15, 0.2) is 11.6 Å². The Kier molecular flexibility index (Phi) is 3.96. The third-order valence-electron chi connectivity index (χ3n) is 3.39. The summed E-state index contributed by atoms with van der Waals surface area (Å²) < 4.78 is 5.28. The molecular weight excluding hydrogens is 262 g/mol. The first-order chi connectivity index (χ1) is 10.4. The van der Waals surface area contributed by atoms with Gasteiger partial charge in [-0.05, 0) is 30.2 Å². The summed E-state index contributed by atoms with van der Waals surface area (Å²) in [5.41, 5.74) is 2.30. The first-order valence-corrected chi connectivity index (χ1v) is 6.94. The van der Waals surface area contributed by atoms with Gasteiger partial charge in [0.2, 0.25) is 0 Å². The minimum Gasteiger partial charge on any atom is -0.493 e. The van der Waals surface area contributed by atoms with Crippen LogP contribution in [0.15, 0.2) is 54.9 Å². The summed E-state index contributed by atoms with van der Waals surface area (Å²) in [6, 6.07) is 14.1. The van der Waals surface area contributed by atoms with Gasteiger partial charge in [-0.3, -0.25) is 4.98 Å². The number of nitrogens with one attached hydrogen (secondary N) is 1. The van der Waals surface area contributed by atoms with E-state index < -0.39 is 0 Å². The Morgan fingerprint density at radius 3 is 2.71 bits per heavy atom. The summed E-state index contributed by atoms with van der Waals surface area (Å²) in [5.74, 6) is 1.53. The lowest BCUT2D eigenvalue weighted by atomic mass is 10.1. The molecule has 2 aromatic heterocycles. The van der Waals surface area contributed by atoms with E-state index in [-0.39, 0.29) is 0 Å². The van der Waals surface area contributed by atoms with Crippen LogP contribution in [-0.4, -0.2) is 23.6 Å². The Morgan fingerprint density at radius 2 is 1.81 bits per heavy atom. The van der Waals surface area contributed by atoms with Gasteiger partial charge in [-0.2, -0.15) is 0 Å². The Balaban J connectivity index is 1.72. The van der Waals surface area contributed by atoms with E-state index in [0.29, 0.717) is 0 Å². The quantitative estimate of drug-likeness (QED) is 0.778. The predicted molar refractivity (Wildman–Crippen MR) is 84.7 cm³/mol. The van der Waals surface area contributed by atoms with E-state index in [2.05, 4.69) is 39.6 Å². The molecule has 3 rings (SSSR count). The molecular formula is C17H17N3O. The van der Waals surface area contributed by atoms with E-state index >= 15 is 0 Å². The molecule has 0 spiro atoms. The van der Waals surface area contributed by atoms with Crippen molar-refractivity contribution >= 4 is 16.7 Å². The van der Waals surface area contributed by atoms with Crippen molar-refractivity contribution in [3.05, 3.63) is 60.4 Å². The van der Waals surface area contributed by atoms with Crippen LogP contribution in [0, 0.1) is 0 Å². The summed E-state index contributed by atoms with van der Waals surface area (Å²) in [7, 11) is 1.65. The molecule has 2 heterocycles. The van der Waals surface area contributed by atoms with Crippen LogP contribution in [0.3, 0.4) is 0 Å². The molecule has 4 nitrogen and oxygen atoms in total. The molecule has 106 valence electrons. The molecule has 0 unspecified atom stereocenters. The number of para-hydroxylation sites is 1. The Bertz CT molecular complexity index is 737. The SMILES string of the molecule is COc1cccnc1NCCc1cccc2cccnc12. The fraction of sp³-hybridized carbons (Fsp3) is 0.176. The summed E-state index contributed by atoms with van der Waals surface area (Å²) in [6.45, 7) is 0.781. The van der Waals surface area contributed by atoms with E-state index in [9.17, 15) is 0 Å². The molecule has 0 aliphatic heterocycles. The normalized spacial score (nSPS) is 10.5.